The number of rotatable bonds is 11. The van der Waals surface area contributed by atoms with Crippen molar-refractivity contribution in [2.75, 3.05) is 12.8 Å². The molecule has 0 saturated carbocycles. The molecule has 2 rings (SSSR count). The van der Waals surface area contributed by atoms with Crippen molar-refractivity contribution < 1.29 is 27.4 Å². The fourth-order valence-electron chi connectivity index (χ4n) is 2.85. The van der Waals surface area contributed by atoms with Gasteiger partial charge in [0, 0.05) is 17.5 Å². The first kappa shape index (κ1) is 26.2. The normalized spacial score (nSPS) is 12.3. The standard InChI is InChI=1S/C23H27ClF3NO3S/c1-4-5-6-7-12-28-22(29)15(2)30-20-14-17(9-11-21(20)32-3)31-19-10-8-16(13-18(19)24)23(25,26)27/h8-11,13-15H,4-7,12H2,1-3H3,(H,28,29). The molecule has 1 N–H and O–H groups in total. The van der Waals surface area contributed by atoms with Gasteiger partial charge in [-0.3, -0.25) is 4.79 Å². The molecule has 32 heavy (non-hydrogen) atoms. The summed E-state index contributed by atoms with van der Waals surface area (Å²) in [7, 11) is 0. The maximum Gasteiger partial charge on any atom is 0.416 e. The fraction of sp³-hybridized carbons (Fsp3) is 0.435. The van der Waals surface area contributed by atoms with E-state index in [1.807, 2.05) is 6.26 Å². The Morgan fingerprint density at radius 2 is 1.88 bits per heavy atom. The molecule has 1 unspecified atom stereocenters. The van der Waals surface area contributed by atoms with Gasteiger partial charge in [-0.2, -0.15) is 13.2 Å². The van der Waals surface area contributed by atoms with Crippen LogP contribution >= 0.6 is 23.4 Å². The van der Waals surface area contributed by atoms with Crippen LogP contribution in [0.5, 0.6) is 17.2 Å². The molecule has 0 heterocycles. The summed E-state index contributed by atoms with van der Waals surface area (Å²) in [6.07, 6.45) is 0.894. The van der Waals surface area contributed by atoms with Crippen LogP contribution < -0.4 is 14.8 Å². The van der Waals surface area contributed by atoms with Crippen LogP contribution in [0.3, 0.4) is 0 Å². The number of nitrogens with one attached hydrogen (secondary N) is 1. The van der Waals surface area contributed by atoms with Crippen molar-refractivity contribution in [2.24, 2.45) is 0 Å². The Balaban J connectivity index is 2.08. The van der Waals surface area contributed by atoms with Crippen molar-refractivity contribution in [1.82, 2.24) is 5.32 Å². The first-order valence-corrected chi connectivity index (χ1v) is 11.9. The van der Waals surface area contributed by atoms with E-state index < -0.39 is 17.8 Å². The van der Waals surface area contributed by atoms with Crippen LogP contribution in [0.25, 0.3) is 0 Å². The Hall–Kier alpha value is -2.06. The summed E-state index contributed by atoms with van der Waals surface area (Å²) in [5.74, 6) is 0.629. The van der Waals surface area contributed by atoms with E-state index in [0.717, 1.165) is 42.7 Å². The molecule has 0 fully saturated rings. The van der Waals surface area contributed by atoms with Crippen molar-refractivity contribution in [3.8, 4) is 17.2 Å². The third-order valence-electron chi connectivity index (χ3n) is 4.62. The first-order valence-electron chi connectivity index (χ1n) is 10.3. The van der Waals surface area contributed by atoms with Crippen LogP contribution in [0.4, 0.5) is 13.2 Å². The molecule has 1 atom stereocenters. The molecule has 1 amide bonds. The summed E-state index contributed by atoms with van der Waals surface area (Å²) in [6, 6.07) is 7.89. The third-order valence-corrected chi connectivity index (χ3v) is 5.70. The quantitative estimate of drug-likeness (QED) is 0.265. The van der Waals surface area contributed by atoms with Gasteiger partial charge in [-0.15, -0.1) is 11.8 Å². The zero-order chi connectivity index (χ0) is 23.7. The molecule has 0 spiro atoms. The van der Waals surface area contributed by atoms with Gasteiger partial charge in [0.1, 0.15) is 17.2 Å². The molecule has 0 aliphatic heterocycles. The number of hydrogen-bond acceptors (Lipinski definition) is 4. The van der Waals surface area contributed by atoms with Gasteiger partial charge < -0.3 is 14.8 Å². The number of alkyl halides is 3. The summed E-state index contributed by atoms with van der Waals surface area (Å²) in [5.41, 5.74) is -0.855. The molecule has 9 heteroatoms. The number of benzene rings is 2. The lowest BCUT2D eigenvalue weighted by atomic mass is 10.2. The maximum absolute atomic E-state index is 12.8. The van der Waals surface area contributed by atoms with Gasteiger partial charge >= 0.3 is 6.18 Å². The Kier molecular flexibility index (Phi) is 10.0. The Bertz CT molecular complexity index is 909. The van der Waals surface area contributed by atoms with E-state index >= 15 is 0 Å². The maximum atomic E-state index is 12.8. The average molecular weight is 490 g/mol. The van der Waals surface area contributed by atoms with Gasteiger partial charge in [0.25, 0.3) is 5.91 Å². The van der Waals surface area contributed by atoms with Gasteiger partial charge in [-0.05, 0) is 49.9 Å². The number of hydrogen-bond donors (Lipinski definition) is 1. The summed E-state index contributed by atoms with van der Waals surface area (Å²) in [6.45, 7) is 4.38. The second kappa shape index (κ2) is 12.3. The smallest absolute Gasteiger partial charge is 0.416 e. The third kappa shape index (κ3) is 7.81. The highest BCUT2D eigenvalue weighted by molar-refractivity contribution is 7.98. The molecule has 0 saturated heterocycles. The molecular formula is C23H27ClF3NO3S. The van der Waals surface area contributed by atoms with Crippen LogP contribution in [0, 0.1) is 0 Å². The van der Waals surface area contributed by atoms with Crippen molar-refractivity contribution >= 4 is 29.3 Å². The number of carbonyl (C=O) groups is 1. The summed E-state index contributed by atoms with van der Waals surface area (Å²) in [4.78, 5) is 13.1. The van der Waals surface area contributed by atoms with Crippen LogP contribution in [0.1, 0.15) is 45.1 Å². The molecule has 2 aromatic rings. The number of halogens is 4. The van der Waals surface area contributed by atoms with E-state index in [1.54, 1.807) is 25.1 Å². The summed E-state index contributed by atoms with van der Waals surface area (Å²) >= 11 is 7.41. The fourth-order valence-corrected chi connectivity index (χ4v) is 3.58. The predicted octanol–water partition coefficient (Wildman–Crippen LogP) is 7.34. The average Bonchev–Trinajstić information content (AvgIpc) is 2.74. The number of thioether (sulfide) groups is 1. The molecular weight excluding hydrogens is 463 g/mol. The van der Waals surface area contributed by atoms with Gasteiger partial charge in [0.15, 0.2) is 6.10 Å². The lowest BCUT2D eigenvalue weighted by Gasteiger charge is -2.18. The van der Waals surface area contributed by atoms with Crippen LogP contribution in [0.15, 0.2) is 41.3 Å². The molecule has 0 aromatic heterocycles. The van der Waals surface area contributed by atoms with Crippen molar-refractivity contribution in [3.05, 3.63) is 47.0 Å². The van der Waals surface area contributed by atoms with Gasteiger partial charge in [-0.25, -0.2) is 0 Å². The van der Waals surface area contributed by atoms with E-state index in [0.29, 0.717) is 18.0 Å². The van der Waals surface area contributed by atoms with Gasteiger partial charge in [-0.1, -0.05) is 37.8 Å². The van der Waals surface area contributed by atoms with E-state index in [2.05, 4.69) is 12.2 Å². The molecule has 4 nitrogen and oxygen atoms in total. The number of amides is 1. The van der Waals surface area contributed by atoms with Gasteiger partial charge in [0.2, 0.25) is 0 Å². The minimum atomic E-state index is -4.49. The Morgan fingerprint density at radius 3 is 2.50 bits per heavy atom. The predicted molar refractivity (Wildman–Crippen MR) is 122 cm³/mol. The molecule has 0 bridgehead atoms. The lowest BCUT2D eigenvalue weighted by molar-refractivity contribution is -0.137. The minimum Gasteiger partial charge on any atom is -0.480 e. The highest BCUT2D eigenvalue weighted by Gasteiger charge is 2.31. The highest BCUT2D eigenvalue weighted by atomic mass is 35.5. The van der Waals surface area contributed by atoms with Crippen molar-refractivity contribution in [2.45, 2.75) is 56.7 Å². The van der Waals surface area contributed by atoms with Crippen LogP contribution in [0.2, 0.25) is 5.02 Å². The van der Waals surface area contributed by atoms with Crippen molar-refractivity contribution in [3.63, 3.8) is 0 Å². The topological polar surface area (TPSA) is 47.6 Å². The van der Waals surface area contributed by atoms with Crippen molar-refractivity contribution in [1.29, 1.82) is 0 Å². The van der Waals surface area contributed by atoms with Gasteiger partial charge in [0.05, 0.1) is 10.6 Å². The summed E-state index contributed by atoms with van der Waals surface area (Å²) in [5, 5.41) is 2.71. The second-order valence-electron chi connectivity index (χ2n) is 7.17. The number of carbonyl (C=O) groups excluding carboxylic acids is 1. The Morgan fingerprint density at radius 1 is 1.12 bits per heavy atom. The Labute approximate surface area is 195 Å². The highest BCUT2D eigenvalue weighted by Crippen LogP contribution is 2.38. The number of unbranched alkanes of at least 4 members (excludes halogenated alkanes) is 3. The monoisotopic (exact) mass is 489 g/mol. The molecule has 0 radical (unpaired) electrons. The van der Waals surface area contributed by atoms with Crippen LogP contribution in [-0.4, -0.2) is 24.8 Å². The van der Waals surface area contributed by atoms with E-state index in [1.165, 1.54) is 17.8 Å². The van der Waals surface area contributed by atoms with E-state index in [-0.39, 0.29) is 16.7 Å². The minimum absolute atomic E-state index is 0.0837. The molecule has 0 aliphatic carbocycles. The van der Waals surface area contributed by atoms with E-state index in [9.17, 15) is 18.0 Å². The lowest BCUT2D eigenvalue weighted by Crippen LogP contribution is -2.36. The summed E-state index contributed by atoms with van der Waals surface area (Å²) < 4.78 is 50.0. The zero-order valence-electron chi connectivity index (χ0n) is 18.2. The largest absolute Gasteiger partial charge is 0.480 e. The first-order chi connectivity index (χ1) is 15.2. The SMILES string of the molecule is CCCCCCNC(=O)C(C)Oc1cc(Oc2ccc(C(F)(F)F)cc2Cl)ccc1SC. The van der Waals surface area contributed by atoms with E-state index in [4.69, 9.17) is 21.1 Å². The number of ether oxygens (including phenoxy) is 2. The second-order valence-corrected chi connectivity index (χ2v) is 8.42. The van der Waals surface area contributed by atoms with Crippen LogP contribution in [-0.2, 0) is 11.0 Å². The molecule has 176 valence electrons. The molecule has 2 aromatic carbocycles. The zero-order valence-corrected chi connectivity index (χ0v) is 19.8. The molecule has 0 aliphatic rings.